The van der Waals surface area contributed by atoms with Crippen LogP contribution in [-0.2, 0) is 0 Å². The average Bonchev–Trinajstić information content (AvgIpc) is 2.96. The van der Waals surface area contributed by atoms with Gasteiger partial charge in [0.25, 0.3) is 0 Å². The molecule has 0 aromatic heterocycles. The molecule has 0 N–H and O–H groups in total. The van der Waals surface area contributed by atoms with Crippen molar-refractivity contribution in [2.24, 2.45) is 76.9 Å². The Balaban J connectivity index is 1.63. The number of rotatable bonds is 1. The van der Waals surface area contributed by atoms with Crippen molar-refractivity contribution in [1.29, 1.82) is 0 Å². The Morgan fingerprint density at radius 2 is 1.06 bits per heavy atom. The minimum atomic E-state index is 1.20. The summed E-state index contributed by atoms with van der Waals surface area (Å²) in [7, 11) is 0. The van der Waals surface area contributed by atoms with Gasteiger partial charge in [-0.1, -0.05) is 22.6 Å². The second-order valence-corrected chi connectivity index (χ2v) is 9.04. The standard InChI is InChI=1S/C15H17I/c16-2-5-10-12-6-3-1-4-8(6)14(10)15-9(4)7(3)13(12)11(5)15/h3-15H,1-2H2/t3?,4?,5?,6-,7+,8+,9-,10?,11?,12-,13+,14+,15-. The summed E-state index contributed by atoms with van der Waals surface area (Å²) < 4.78 is 1.50. The van der Waals surface area contributed by atoms with E-state index in [-0.39, 0.29) is 0 Å². The molecule has 0 spiro atoms. The van der Waals surface area contributed by atoms with Gasteiger partial charge in [0.15, 0.2) is 0 Å². The highest BCUT2D eigenvalue weighted by atomic mass is 127. The van der Waals surface area contributed by atoms with Gasteiger partial charge in [0.2, 0.25) is 0 Å². The molecule has 0 radical (unpaired) electrons. The molecule has 0 aromatic carbocycles. The molecule has 8 aliphatic rings. The zero-order chi connectivity index (χ0) is 9.92. The monoisotopic (exact) mass is 324 g/mol. The maximum Gasteiger partial charge on any atom is 0.00294 e. The first-order chi connectivity index (χ1) is 7.93. The van der Waals surface area contributed by atoms with Crippen molar-refractivity contribution in [2.75, 3.05) is 4.43 Å². The summed E-state index contributed by atoms with van der Waals surface area (Å²) in [6.45, 7) is 0. The summed E-state index contributed by atoms with van der Waals surface area (Å²) in [6.07, 6.45) is 1.71. The maximum atomic E-state index is 2.72. The maximum absolute atomic E-state index is 2.72. The Labute approximate surface area is 110 Å². The molecule has 8 fully saturated rings. The minimum absolute atomic E-state index is 1.20. The van der Waals surface area contributed by atoms with Gasteiger partial charge in [-0.25, -0.2) is 0 Å². The number of hydrogen-bond donors (Lipinski definition) is 0. The molecule has 0 amide bonds. The smallest absolute Gasteiger partial charge is 0.00294 e. The third kappa shape index (κ3) is 0.448. The van der Waals surface area contributed by atoms with E-state index >= 15 is 0 Å². The van der Waals surface area contributed by atoms with E-state index in [0.717, 1.165) is 0 Å². The highest BCUT2D eigenvalue weighted by Gasteiger charge is 2.90. The third-order valence-electron chi connectivity index (χ3n) is 9.02. The summed E-state index contributed by atoms with van der Waals surface area (Å²) in [5.74, 6) is 16.5. The summed E-state index contributed by atoms with van der Waals surface area (Å²) in [6, 6.07) is 0. The summed E-state index contributed by atoms with van der Waals surface area (Å²) >= 11 is 2.72. The average molecular weight is 324 g/mol. The molecular weight excluding hydrogens is 307 g/mol. The summed E-state index contributed by atoms with van der Waals surface area (Å²) in [5.41, 5.74) is 0. The number of halogens is 1. The predicted molar refractivity (Wildman–Crippen MR) is 68.9 cm³/mol. The zero-order valence-electron chi connectivity index (χ0n) is 9.30. The molecule has 0 nitrogen and oxygen atoms in total. The highest BCUT2D eigenvalue weighted by molar-refractivity contribution is 14.1. The minimum Gasteiger partial charge on any atom is -0.0861 e. The Hall–Kier alpha value is 0.730. The van der Waals surface area contributed by atoms with Gasteiger partial charge in [0, 0.05) is 4.43 Å². The van der Waals surface area contributed by atoms with Crippen LogP contribution in [0.2, 0.25) is 0 Å². The molecule has 16 heavy (non-hydrogen) atoms. The molecule has 8 aliphatic carbocycles. The fraction of sp³-hybridized carbons (Fsp3) is 1.00. The topological polar surface area (TPSA) is 0 Å². The Morgan fingerprint density at radius 3 is 1.44 bits per heavy atom. The van der Waals surface area contributed by atoms with Crippen LogP contribution in [0.3, 0.4) is 0 Å². The molecule has 0 saturated heterocycles. The number of hydrogen-bond acceptors (Lipinski definition) is 0. The van der Waals surface area contributed by atoms with Crippen LogP contribution in [0.5, 0.6) is 0 Å². The van der Waals surface area contributed by atoms with Gasteiger partial charge < -0.3 is 0 Å². The largest absolute Gasteiger partial charge is 0.0861 e. The Morgan fingerprint density at radius 1 is 0.625 bits per heavy atom. The molecular formula is C15H17I. The lowest BCUT2D eigenvalue weighted by Crippen LogP contribution is -2.21. The summed E-state index contributed by atoms with van der Waals surface area (Å²) in [5, 5.41) is 0. The number of alkyl halides is 1. The van der Waals surface area contributed by atoms with E-state index in [0.29, 0.717) is 0 Å². The van der Waals surface area contributed by atoms with E-state index in [1.807, 2.05) is 0 Å². The van der Waals surface area contributed by atoms with E-state index in [1.54, 1.807) is 6.42 Å². The fourth-order valence-electron chi connectivity index (χ4n) is 9.96. The van der Waals surface area contributed by atoms with Crippen LogP contribution in [0.15, 0.2) is 0 Å². The van der Waals surface area contributed by atoms with Crippen molar-refractivity contribution in [1.82, 2.24) is 0 Å². The van der Waals surface area contributed by atoms with Gasteiger partial charge in [0.1, 0.15) is 0 Å². The lowest BCUT2D eigenvalue weighted by atomic mass is 9.80. The van der Waals surface area contributed by atoms with E-state index in [4.69, 9.17) is 0 Å². The van der Waals surface area contributed by atoms with Crippen molar-refractivity contribution >= 4 is 22.6 Å². The molecule has 8 rings (SSSR count). The first-order valence-electron chi connectivity index (χ1n) is 7.49. The molecule has 12 atom stereocenters. The molecule has 1 heteroatoms. The molecule has 4 bridgehead atoms. The SMILES string of the molecule is ICC1C2[C@@H]3[C@H]4C5CC6[C@H]4[C@H]2[C@@H]2C1[C@H]3[C@H]5[C@H]62. The highest BCUT2D eigenvalue weighted by Crippen LogP contribution is 2.93. The Bertz CT molecular complexity index is 361. The molecule has 0 heterocycles. The molecule has 8 saturated carbocycles. The van der Waals surface area contributed by atoms with Crippen molar-refractivity contribution < 1.29 is 0 Å². The van der Waals surface area contributed by atoms with Gasteiger partial charge in [-0.05, 0) is 83.4 Å². The van der Waals surface area contributed by atoms with E-state index in [2.05, 4.69) is 22.6 Å². The fourth-order valence-corrected chi connectivity index (χ4v) is 11.1. The quantitative estimate of drug-likeness (QED) is 0.514. The van der Waals surface area contributed by atoms with Crippen molar-refractivity contribution in [3.63, 3.8) is 0 Å². The van der Waals surface area contributed by atoms with Crippen LogP contribution in [0.25, 0.3) is 0 Å². The third-order valence-corrected chi connectivity index (χ3v) is 10.0. The van der Waals surface area contributed by atoms with Crippen molar-refractivity contribution in [3.05, 3.63) is 0 Å². The lowest BCUT2D eigenvalue weighted by Gasteiger charge is -2.25. The van der Waals surface area contributed by atoms with Gasteiger partial charge in [-0.15, -0.1) is 0 Å². The molecule has 0 aliphatic heterocycles. The van der Waals surface area contributed by atoms with E-state index in [1.165, 1.54) is 81.4 Å². The van der Waals surface area contributed by atoms with E-state index < -0.39 is 0 Å². The van der Waals surface area contributed by atoms with Gasteiger partial charge in [-0.3, -0.25) is 0 Å². The van der Waals surface area contributed by atoms with Crippen molar-refractivity contribution in [3.8, 4) is 0 Å². The summed E-state index contributed by atoms with van der Waals surface area (Å²) in [4.78, 5) is 0. The van der Waals surface area contributed by atoms with Crippen LogP contribution >= 0.6 is 22.6 Å². The van der Waals surface area contributed by atoms with Gasteiger partial charge in [0.05, 0.1) is 0 Å². The predicted octanol–water partition coefficient (Wildman–Crippen LogP) is 2.92. The van der Waals surface area contributed by atoms with Gasteiger partial charge >= 0.3 is 0 Å². The van der Waals surface area contributed by atoms with Crippen LogP contribution < -0.4 is 0 Å². The van der Waals surface area contributed by atoms with Crippen LogP contribution in [0.1, 0.15) is 6.42 Å². The lowest BCUT2D eigenvalue weighted by molar-refractivity contribution is 0.220. The van der Waals surface area contributed by atoms with Crippen molar-refractivity contribution in [2.45, 2.75) is 6.42 Å². The normalized spacial score (nSPS) is 90.2. The van der Waals surface area contributed by atoms with E-state index in [9.17, 15) is 0 Å². The molecule has 0 aromatic rings. The van der Waals surface area contributed by atoms with Gasteiger partial charge in [-0.2, -0.15) is 0 Å². The van der Waals surface area contributed by atoms with Crippen LogP contribution in [-0.4, -0.2) is 4.43 Å². The van der Waals surface area contributed by atoms with Crippen LogP contribution in [0, 0.1) is 76.9 Å². The first kappa shape index (κ1) is 8.01. The Kier molecular flexibility index (Phi) is 0.981. The molecule has 4 unspecified atom stereocenters. The second kappa shape index (κ2) is 1.96. The second-order valence-electron chi connectivity index (χ2n) is 8.16. The van der Waals surface area contributed by atoms with Crippen LogP contribution in [0.4, 0.5) is 0 Å². The molecule has 84 valence electrons. The first-order valence-corrected chi connectivity index (χ1v) is 9.02. The zero-order valence-corrected chi connectivity index (χ0v) is 11.5.